The van der Waals surface area contributed by atoms with E-state index in [9.17, 15) is 0 Å². The Morgan fingerprint density at radius 1 is 1.21 bits per heavy atom. The zero-order chi connectivity index (χ0) is 10.4. The molecule has 1 heteroatoms. The van der Waals surface area contributed by atoms with Crippen LogP contribution < -0.4 is 0 Å². The predicted molar refractivity (Wildman–Crippen MR) is 67.3 cm³/mol. The van der Waals surface area contributed by atoms with Crippen LogP contribution in [0.15, 0.2) is 34.8 Å². The van der Waals surface area contributed by atoms with Crippen LogP contribution in [0.3, 0.4) is 0 Å². The van der Waals surface area contributed by atoms with Gasteiger partial charge in [-0.1, -0.05) is 54.4 Å². The highest BCUT2D eigenvalue weighted by atomic mass is 79.9. The predicted octanol–water partition coefficient (Wildman–Crippen LogP) is 5.04. The van der Waals surface area contributed by atoms with Crippen LogP contribution in [-0.4, -0.2) is 0 Å². The van der Waals surface area contributed by atoms with Crippen molar-refractivity contribution >= 4 is 21.5 Å². The first kappa shape index (κ1) is 11.5. The van der Waals surface area contributed by atoms with Gasteiger partial charge < -0.3 is 0 Å². The van der Waals surface area contributed by atoms with Crippen LogP contribution >= 0.6 is 15.9 Å². The number of rotatable bonds is 4. The fourth-order valence-corrected chi connectivity index (χ4v) is 1.81. The van der Waals surface area contributed by atoms with Crippen molar-refractivity contribution in [2.45, 2.75) is 33.1 Å². The molecule has 14 heavy (non-hydrogen) atoms. The van der Waals surface area contributed by atoms with Gasteiger partial charge in [-0.3, -0.25) is 0 Å². The third-order valence-corrected chi connectivity index (χ3v) is 2.71. The maximum atomic E-state index is 3.45. The Labute approximate surface area is 95.2 Å². The van der Waals surface area contributed by atoms with Gasteiger partial charge in [-0.2, -0.15) is 0 Å². The van der Waals surface area contributed by atoms with Crippen molar-refractivity contribution in [3.05, 3.63) is 40.4 Å². The summed E-state index contributed by atoms with van der Waals surface area (Å²) in [4.78, 5) is 0. The number of halogens is 1. The average Bonchev–Trinajstić information content (AvgIpc) is 2.19. The van der Waals surface area contributed by atoms with Crippen LogP contribution in [0.5, 0.6) is 0 Å². The lowest BCUT2D eigenvalue weighted by Crippen LogP contribution is -1.84. The molecule has 0 aromatic heterocycles. The van der Waals surface area contributed by atoms with Gasteiger partial charge in [0, 0.05) is 4.47 Å². The molecule has 0 amide bonds. The van der Waals surface area contributed by atoms with Crippen LogP contribution in [0.1, 0.15) is 38.7 Å². The van der Waals surface area contributed by atoms with E-state index in [4.69, 9.17) is 0 Å². The number of hydrogen-bond acceptors (Lipinski definition) is 0. The van der Waals surface area contributed by atoms with Crippen molar-refractivity contribution in [3.8, 4) is 0 Å². The number of hydrogen-bond donors (Lipinski definition) is 0. The van der Waals surface area contributed by atoms with E-state index in [1.807, 2.05) is 0 Å². The molecule has 0 radical (unpaired) electrons. The summed E-state index contributed by atoms with van der Waals surface area (Å²) in [6.45, 7) is 4.41. The van der Waals surface area contributed by atoms with Crippen molar-refractivity contribution < 1.29 is 0 Å². The normalized spacial score (nSPS) is 11.8. The van der Waals surface area contributed by atoms with Gasteiger partial charge in [0.1, 0.15) is 0 Å². The monoisotopic (exact) mass is 252 g/mol. The summed E-state index contributed by atoms with van der Waals surface area (Å²) >= 11 is 3.45. The summed E-state index contributed by atoms with van der Waals surface area (Å²) in [5, 5.41) is 0. The molecule has 1 rings (SSSR count). The highest BCUT2D eigenvalue weighted by Gasteiger charge is 1.99. The molecule has 0 bridgehead atoms. The van der Waals surface area contributed by atoms with Crippen molar-refractivity contribution in [2.75, 3.05) is 0 Å². The fourth-order valence-electron chi connectivity index (χ4n) is 1.54. The lowest BCUT2D eigenvalue weighted by atomic mass is 10.0. The van der Waals surface area contributed by atoms with E-state index in [1.165, 1.54) is 24.0 Å². The lowest BCUT2D eigenvalue weighted by molar-refractivity contribution is 0.967. The minimum atomic E-state index is 1.12. The first-order valence-electron chi connectivity index (χ1n) is 5.23. The lowest BCUT2D eigenvalue weighted by Gasteiger charge is -2.06. The highest BCUT2D eigenvalue weighted by molar-refractivity contribution is 9.10. The largest absolute Gasteiger partial charge is 0.0810 e. The molecule has 0 aliphatic rings. The first-order valence-corrected chi connectivity index (χ1v) is 6.02. The Morgan fingerprint density at radius 2 is 1.86 bits per heavy atom. The molecule has 0 unspecified atom stereocenters. The van der Waals surface area contributed by atoms with Crippen molar-refractivity contribution in [3.63, 3.8) is 0 Å². The molecule has 0 aliphatic heterocycles. The molecule has 0 fully saturated rings. The molecular formula is C13H17Br. The topological polar surface area (TPSA) is 0 Å². The molecule has 1 aromatic carbocycles. The number of allylic oxidation sites excluding steroid dienone is 2. The van der Waals surface area contributed by atoms with E-state index in [-0.39, 0.29) is 0 Å². The Balaban J connectivity index is 2.88. The van der Waals surface area contributed by atoms with Gasteiger partial charge in [0.25, 0.3) is 0 Å². The molecule has 0 aliphatic carbocycles. The Bertz CT molecular complexity index is 296. The third-order valence-electron chi connectivity index (χ3n) is 2.18. The standard InChI is InChI=1S/C13H17Br/c1-3-5-11(6-4-2)12-7-9-13(14)10-8-12/h5,7-10H,3-4,6H2,1-2H3/b11-5+. The second-order valence-corrected chi connectivity index (χ2v) is 4.31. The SMILES string of the molecule is CC/C=C(\CCC)c1ccc(Br)cc1. The van der Waals surface area contributed by atoms with E-state index in [2.05, 4.69) is 60.1 Å². The molecule has 0 spiro atoms. The molecule has 0 heterocycles. The molecule has 76 valence electrons. The third kappa shape index (κ3) is 3.30. The Morgan fingerprint density at radius 3 is 2.36 bits per heavy atom. The summed E-state index contributed by atoms with van der Waals surface area (Å²) in [6, 6.07) is 8.57. The fraction of sp³-hybridized carbons (Fsp3) is 0.385. The summed E-state index contributed by atoms with van der Waals surface area (Å²) in [7, 11) is 0. The summed E-state index contributed by atoms with van der Waals surface area (Å²) in [6.07, 6.45) is 5.83. The smallest absolute Gasteiger partial charge is 0.0175 e. The van der Waals surface area contributed by atoms with E-state index in [0.29, 0.717) is 0 Å². The Kier molecular flexibility index (Phi) is 4.95. The van der Waals surface area contributed by atoms with Crippen LogP contribution in [0.2, 0.25) is 0 Å². The summed E-state index contributed by atoms with van der Waals surface area (Å²) in [5.74, 6) is 0. The zero-order valence-electron chi connectivity index (χ0n) is 8.89. The van der Waals surface area contributed by atoms with Gasteiger partial charge in [0.15, 0.2) is 0 Å². The summed E-state index contributed by atoms with van der Waals surface area (Å²) in [5.41, 5.74) is 2.83. The molecule has 0 saturated carbocycles. The van der Waals surface area contributed by atoms with Crippen molar-refractivity contribution in [1.29, 1.82) is 0 Å². The van der Waals surface area contributed by atoms with Gasteiger partial charge in [-0.05, 0) is 36.1 Å². The average molecular weight is 253 g/mol. The quantitative estimate of drug-likeness (QED) is 0.704. The molecule has 0 atom stereocenters. The summed E-state index contributed by atoms with van der Waals surface area (Å²) < 4.78 is 1.15. The van der Waals surface area contributed by atoms with E-state index < -0.39 is 0 Å². The Hall–Kier alpha value is -0.560. The first-order chi connectivity index (χ1) is 6.77. The van der Waals surface area contributed by atoms with E-state index in [0.717, 1.165) is 10.9 Å². The maximum Gasteiger partial charge on any atom is 0.0175 e. The number of benzene rings is 1. The van der Waals surface area contributed by atoms with Crippen LogP contribution in [0.4, 0.5) is 0 Å². The molecule has 0 nitrogen and oxygen atoms in total. The van der Waals surface area contributed by atoms with Crippen LogP contribution in [0.25, 0.3) is 5.57 Å². The minimum Gasteiger partial charge on any atom is -0.0810 e. The van der Waals surface area contributed by atoms with Crippen LogP contribution in [-0.2, 0) is 0 Å². The van der Waals surface area contributed by atoms with Gasteiger partial charge >= 0.3 is 0 Å². The molecule has 0 saturated heterocycles. The van der Waals surface area contributed by atoms with Crippen molar-refractivity contribution in [2.24, 2.45) is 0 Å². The zero-order valence-corrected chi connectivity index (χ0v) is 10.5. The highest BCUT2D eigenvalue weighted by Crippen LogP contribution is 2.22. The molecule has 1 aromatic rings. The van der Waals surface area contributed by atoms with E-state index >= 15 is 0 Å². The van der Waals surface area contributed by atoms with E-state index in [1.54, 1.807) is 0 Å². The van der Waals surface area contributed by atoms with Gasteiger partial charge in [0.2, 0.25) is 0 Å². The van der Waals surface area contributed by atoms with Gasteiger partial charge in [-0.25, -0.2) is 0 Å². The minimum absolute atomic E-state index is 1.12. The maximum absolute atomic E-state index is 3.45. The van der Waals surface area contributed by atoms with Crippen LogP contribution in [0, 0.1) is 0 Å². The van der Waals surface area contributed by atoms with Gasteiger partial charge in [-0.15, -0.1) is 0 Å². The second-order valence-electron chi connectivity index (χ2n) is 3.39. The van der Waals surface area contributed by atoms with Crippen molar-refractivity contribution in [1.82, 2.24) is 0 Å². The van der Waals surface area contributed by atoms with Gasteiger partial charge in [0.05, 0.1) is 0 Å². The molecule has 0 N–H and O–H groups in total. The molecular weight excluding hydrogens is 236 g/mol. The second kappa shape index (κ2) is 6.02.